The minimum atomic E-state index is -0.363. The fourth-order valence-electron chi connectivity index (χ4n) is 2.75. The van der Waals surface area contributed by atoms with Crippen LogP contribution in [0.1, 0.15) is 52.7 Å². The van der Waals surface area contributed by atoms with Gasteiger partial charge in [0.25, 0.3) is 0 Å². The standard InChI is InChI=1S/C22H26N2O4S/c1-3-16-6-4-5-7-18(16)24-22(28)14-23-21(27)13-10-17(25)9-11-19(26)20-12-8-15(2)29-20/h4-8,12H,3,9-11,13-14H2,1-2H3,(H,23,27)(H,24,28). The number of amides is 2. The summed E-state index contributed by atoms with van der Waals surface area (Å²) in [7, 11) is 0. The number of ketones is 2. The molecule has 2 amide bonds. The molecule has 29 heavy (non-hydrogen) atoms. The van der Waals surface area contributed by atoms with Crippen molar-refractivity contribution in [1.29, 1.82) is 0 Å². The lowest BCUT2D eigenvalue weighted by Crippen LogP contribution is -2.33. The van der Waals surface area contributed by atoms with Crippen molar-refractivity contribution in [2.24, 2.45) is 0 Å². The van der Waals surface area contributed by atoms with E-state index in [1.807, 2.05) is 44.2 Å². The lowest BCUT2D eigenvalue weighted by atomic mass is 10.1. The van der Waals surface area contributed by atoms with Gasteiger partial charge >= 0.3 is 0 Å². The molecular weight excluding hydrogens is 388 g/mol. The third kappa shape index (κ3) is 7.62. The molecule has 2 rings (SSSR count). The van der Waals surface area contributed by atoms with Crippen LogP contribution in [0.5, 0.6) is 0 Å². The summed E-state index contributed by atoms with van der Waals surface area (Å²) in [6.07, 6.45) is 1.13. The summed E-state index contributed by atoms with van der Waals surface area (Å²) in [6.45, 7) is 3.77. The first-order valence-corrected chi connectivity index (χ1v) is 10.5. The number of Topliss-reactive ketones (excluding diaryl/α,β-unsaturated/α-hetero) is 2. The number of carbonyl (C=O) groups is 4. The number of benzene rings is 1. The van der Waals surface area contributed by atoms with E-state index in [-0.39, 0.29) is 55.6 Å². The minimum Gasteiger partial charge on any atom is -0.347 e. The number of hydrogen-bond donors (Lipinski definition) is 2. The number of thiophene rings is 1. The van der Waals surface area contributed by atoms with Gasteiger partial charge in [-0.2, -0.15) is 0 Å². The van der Waals surface area contributed by atoms with Crippen LogP contribution >= 0.6 is 11.3 Å². The second-order valence-electron chi connectivity index (χ2n) is 6.71. The van der Waals surface area contributed by atoms with Crippen LogP contribution in [-0.2, 0) is 20.8 Å². The molecule has 0 aliphatic carbocycles. The molecule has 1 aromatic carbocycles. The fraction of sp³-hybridized carbons (Fsp3) is 0.364. The molecule has 0 saturated heterocycles. The zero-order valence-corrected chi connectivity index (χ0v) is 17.6. The second-order valence-corrected chi connectivity index (χ2v) is 8.00. The van der Waals surface area contributed by atoms with Crippen LogP contribution in [0.25, 0.3) is 0 Å². The highest BCUT2D eigenvalue weighted by Crippen LogP contribution is 2.18. The molecule has 0 unspecified atom stereocenters. The second kappa shape index (κ2) is 11.3. The predicted octanol–water partition coefficient (Wildman–Crippen LogP) is 3.69. The van der Waals surface area contributed by atoms with Crippen LogP contribution < -0.4 is 10.6 Å². The zero-order valence-electron chi connectivity index (χ0n) is 16.7. The average Bonchev–Trinajstić information content (AvgIpc) is 3.15. The van der Waals surface area contributed by atoms with Crippen molar-refractivity contribution in [2.75, 3.05) is 11.9 Å². The molecule has 0 spiro atoms. The number of para-hydroxylation sites is 1. The van der Waals surface area contributed by atoms with Crippen molar-refractivity contribution in [2.45, 2.75) is 46.0 Å². The van der Waals surface area contributed by atoms with Crippen LogP contribution in [0.4, 0.5) is 5.69 Å². The lowest BCUT2D eigenvalue weighted by molar-refractivity contribution is -0.126. The molecule has 0 radical (unpaired) electrons. The van der Waals surface area contributed by atoms with Gasteiger partial charge in [-0.15, -0.1) is 11.3 Å². The van der Waals surface area contributed by atoms with E-state index in [0.29, 0.717) is 4.88 Å². The molecule has 0 bridgehead atoms. The van der Waals surface area contributed by atoms with E-state index in [2.05, 4.69) is 10.6 Å². The van der Waals surface area contributed by atoms with E-state index in [1.165, 1.54) is 11.3 Å². The number of nitrogens with one attached hydrogen (secondary N) is 2. The molecular formula is C22H26N2O4S. The summed E-state index contributed by atoms with van der Waals surface area (Å²) in [5.74, 6) is -0.868. The highest BCUT2D eigenvalue weighted by Gasteiger charge is 2.13. The average molecular weight is 415 g/mol. The number of hydrogen-bond acceptors (Lipinski definition) is 5. The van der Waals surface area contributed by atoms with Crippen LogP contribution in [0.15, 0.2) is 36.4 Å². The number of rotatable bonds is 11. The Balaban J connectivity index is 1.65. The van der Waals surface area contributed by atoms with E-state index in [9.17, 15) is 19.2 Å². The quantitative estimate of drug-likeness (QED) is 0.549. The molecule has 0 aliphatic heterocycles. The first kappa shape index (κ1) is 22.5. The Kier molecular flexibility index (Phi) is 8.73. The molecule has 6 nitrogen and oxygen atoms in total. The highest BCUT2D eigenvalue weighted by atomic mass is 32.1. The number of carbonyl (C=O) groups excluding carboxylic acids is 4. The van der Waals surface area contributed by atoms with Gasteiger partial charge < -0.3 is 10.6 Å². The van der Waals surface area contributed by atoms with Crippen molar-refractivity contribution < 1.29 is 19.2 Å². The van der Waals surface area contributed by atoms with E-state index in [4.69, 9.17) is 0 Å². The monoisotopic (exact) mass is 414 g/mol. The molecule has 1 aromatic heterocycles. The molecule has 7 heteroatoms. The van der Waals surface area contributed by atoms with Crippen LogP contribution in [-0.4, -0.2) is 29.9 Å². The van der Waals surface area contributed by atoms with Gasteiger partial charge in [-0.1, -0.05) is 25.1 Å². The van der Waals surface area contributed by atoms with Gasteiger partial charge in [-0.25, -0.2) is 0 Å². The van der Waals surface area contributed by atoms with Crippen molar-refractivity contribution in [1.82, 2.24) is 5.32 Å². The lowest BCUT2D eigenvalue weighted by Gasteiger charge is -2.10. The van der Waals surface area contributed by atoms with Gasteiger partial charge in [0, 0.05) is 36.2 Å². The largest absolute Gasteiger partial charge is 0.347 e. The maximum atomic E-state index is 12.0. The van der Waals surface area contributed by atoms with E-state index in [1.54, 1.807) is 6.07 Å². The smallest absolute Gasteiger partial charge is 0.243 e. The van der Waals surface area contributed by atoms with Gasteiger partial charge in [0.2, 0.25) is 11.8 Å². The summed E-state index contributed by atoms with van der Waals surface area (Å²) in [5, 5.41) is 5.30. The SMILES string of the molecule is CCc1ccccc1NC(=O)CNC(=O)CCC(=O)CCC(=O)c1ccc(C)s1. The van der Waals surface area contributed by atoms with Crippen molar-refractivity contribution in [3.05, 3.63) is 51.7 Å². The van der Waals surface area contributed by atoms with E-state index >= 15 is 0 Å². The summed E-state index contributed by atoms with van der Waals surface area (Å²) in [4.78, 5) is 49.5. The Labute approximate surface area is 174 Å². The first-order valence-electron chi connectivity index (χ1n) is 9.64. The molecule has 154 valence electrons. The molecule has 2 aromatic rings. The van der Waals surface area contributed by atoms with E-state index in [0.717, 1.165) is 22.5 Å². The third-order valence-corrected chi connectivity index (χ3v) is 5.44. The Bertz CT molecular complexity index is 888. The first-order chi connectivity index (χ1) is 13.9. The Morgan fingerprint density at radius 1 is 0.897 bits per heavy atom. The van der Waals surface area contributed by atoms with Crippen molar-refractivity contribution in [3.8, 4) is 0 Å². The number of anilines is 1. The highest BCUT2D eigenvalue weighted by molar-refractivity contribution is 7.14. The van der Waals surface area contributed by atoms with Crippen molar-refractivity contribution >= 4 is 40.4 Å². The molecule has 0 atom stereocenters. The molecule has 2 N–H and O–H groups in total. The van der Waals surface area contributed by atoms with Crippen LogP contribution in [0.2, 0.25) is 0 Å². The van der Waals surface area contributed by atoms with Crippen molar-refractivity contribution in [3.63, 3.8) is 0 Å². The normalized spacial score (nSPS) is 10.4. The Morgan fingerprint density at radius 3 is 2.31 bits per heavy atom. The summed E-state index contributed by atoms with van der Waals surface area (Å²) < 4.78 is 0. The molecule has 0 aliphatic rings. The molecule has 0 saturated carbocycles. The van der Waals surface area contributed by atoms with Gasteiger partial charge in [0.05, 0.1) is 11.4 Å². The topological polar surface area (TPSA) is 92.3 Å². The van der Waals surface area contributed by atoms with Gasteiger partial charge in [0.15, 0.2) is 5.78 Å². The fourth-order valence-corrected chi connectivity index (χ4v) is 3.59. The summed E-state index contributed by atoms with van der Waals surface area (Å²) in [6, 6.07) is 11.1. The van der Waals surface area contributed by atoms with Crippen LogP contribution in [0.3, 0.4) is 0 Å². The minimum absolute atomic E-state index is 0.00393. The van der Waals surface area contributed by atoms with E-state index < -0.39 is 0 Å². The van der Waals surface area contributed by atoms with Gasteiger partial charge in [-0.3, -0.25) is 19.2 Å². The van der Waals surface area contributed by atoms with Gasteiger partial charge in [0.1, 0.15) is 5.78 Å². The van der Waals surface area contributed by atoms with Crippen LogP contribution in [0, 0.1) is 6.92 Å². The third-order valence-electron chi connectivity index (χ3n) is 4.40. The maximum absolute atomic E-state index is 12.0. The molecule has 1 heterocycles. The predicted molar refractivity (Wildman–Crippen MR) is 114 cm³/mol. The van der Waals surface area contributed by atoms with Gasteiger partial charge in [-0.05, 0) is 37.1 Å². The Morgan fingerprint density at radius 2 is 1.62 bits per heavy atom. The Hall–Kier alpha value is -2.80. The maximum Gasteiger partial charge on any atom is 0.243 e. The number of aryl methyl sites for hydroxylation is 2. The molecule has 0 fully saturated rings. The summed E-state index contributed by atoms with van der Waals surface area (Å²) in [5.41, 5.74) is 1.75. The zero-order chi connectivity index (χ0) is 21.2. The summed E-state index contributed by atoms with van der Waals surface area (Å²) >= 11 is 1.41.